The van der Waals surface area contributed by atoms with Crippen LogP contribution >= 0.6 is 23.5 Å². The van der Waals surface area contributed by atoms with E-state index in [1.165, 1.54) is 16.7 Å². The fourth-order valence-electron chi connectivity index (χ4n) is 3.83. The van der Waals surface area contributed by atoms with Crippen molar-refractivity contribution in [3.8, 4) is 0 Å². The molecular formula is C26H26N4O6S2. The zero-order chi connectivity index (χ0) is 26.9. The quantitative estimate of drug-likeness (QED) is 0.410. The summed E-state index contributed by atoms with van der Waals surface area (Å²) < 4.78 is 5.33. The van der Waals surface area contributed by atoms with Crippen molar-refractivity contribution in [3.63, 3.8) is 0 Å². The predicted octanol–water partition coefficient (Wildman–Crippen LogP) is 3.79. The smallest absolute Gasteiger partial charge is 0.412 e. The highest BCUT2D eigenvalue weighted by molar-refractivity contribution is 8.00. The number of carboxylic acid groups (broad SMARTS) is 2. The van der Waals surface area contributed by atoms with Gasteiger partial charge in [0.05, 0.1) is 5.37 Å². The molecule has 0 radical (unpaired) electrons. The van der Waals surface area contributed by atoms with Crippen molar-refractivity contribution in [2.45, 2.75) is 29.4 Å². The molecule has 2 fully saturated rings. The van der Waals surface area contributed by atoms with E-state index in [1.807, 2.05) is 48.5 Å². The average Bonchev–Trinajstić information content (AvgIpc) is 3.62. The van der Waals surface area contributed by atoms with E-state index in [2.05, 4.69) is 15.3 Å². The molecule has 2 aliphatic heterocycles. The molecule has 198 valence electrons. The first-order valence-electron chi connectivity index (χ1n) is 11.7. The van der Waals surface area contributed by atoms with E-state index in [9.17, 15) is 19.5 Å². The number of rotatable bonds is 6. The summed E-state index contributed by atoms with van der Waals surface area (Å²) in [5.41, 5.74) is 2.66. The van der Waals surface area contributed by atoms with Gasteiger partial charge in [0.2, 0.25) is 0 Å². The minimum Gasteiger partial charge on any atom is -0.480 e. The molecule has 4 atom stereocenters. The molecule has 0 saturated carbocycles. The standard InChI is InChI=1S/C17H16N2O4S.C9H10N2O2S/c20-16(21)14-11-24-15(13-7-4-8-18-9-13)19(14)17(22)23-10-12-5-2-1-3-6-12;12-9(13)7-5-14-8(11-7)6-2-1-3-10-4-6/h1-9,14-15H,10-11H2,(H,20,21);1-4,7-8,11H,5H2,(H,12,13)/t14-,15+;7?,8-/m01/s1. The lowest BCUT2D eigenvalue weighted by Gasteiger charge is -2.26. The van der Waals surface area contributed by atoms with Gasteiger partial charge in [0.1, 0.15) is 24.1 Å². The molecule has 5 rings (SSSR count). The molecule has 3 N–H and O–H groups in total. The van der Waals surface area contributed by atoms with Crippen molar-refractivity contribution in [1.82, 2.24) is 20.2 Å². The minimum atomic E-state index is -1.04. The Labute approximate surface area is 227 Å². The summed E-state index contributed by atoms with van der Waals surface area (Å²) in [6, 6.07) is 15.3. The number of pyridine rings is 2. The highest BCUT2D eigenvalue weighted by Crippen LogP contribution is 2.41. The maximum Gasteiger partial charge on any atom is 0.412 e. The zero-order valence-electron chi connectivity index (χ0n) is 20.1. The van der Waals surface area contributed by atoms with E-state index in [0.717, 1.165) is 16.7 Å². The van der Waals surface area contributed by atoms with Crippen LogP contribution in [0.15, 0.2) is 79.4 Å². The van der Waals surface area contributed by atoms with Crippen molar-refractivity contribution in [1.29, 1.82) is 0 Å². The van der Waals surface area contributed by atoms with Gasteiger partial charge in [-0.1, -0.05) is 42.5 Å². The number of benzene rings is 1. The number of hydrogen-bond acceptors (Lipinski definition) is 9. The second-order valence-electron chi connectivity index (χ2n) is 8.33. The lowest BCUT2D eigenvalue weighted by Crippen LogP contribution is -2.43. The van der Waals surface area contributed by atoms with Crippen LogP contribution in [0.3, 0.4) is 0 Å². The molecule has 3 aromatic rings. The highest BCUT2D eigenvalue weighted by atomic mass is 32.2. The molecule has 0 bridgehead atoms. The van der Waals surface area contributed by atoms with Gasteiger partial charge in [-0.05, 0) is 23.3 Å². The van der Waals surface area contributed by atoms with Gasteiger partial charge in [-0.25, -0.2) is 9.59 Å². The van der Waals surface area contributed by atoms with Crippen LogP contribution in [-0.2, 0) is 20.9 Å². The summed E-state index contributed by atoms with van der Waals surface area (Å²) >= 11 is 2.99. The molecule has 2 aliphatic rings. The van der Waals surface area contributed by atoms with Crippen LogP contribution in [-0.4, -0.2) is 66.7 Å². The number of aromatic nitrogens is 2. The summed E-state index contributed by atoms with van der Waals surface area (Å²) in [6.07, 6.45) is 6.10. The Balaban J connectivity index is 0.000000204. The number of carboxylic acids is 2. The Morgan fingerprint density at radius 3 is 2.16 bits per heavy atom. The maximum absolute atomic E-state index is 12.5. The Kier molecular flexibility index (Phi) is 9.57. The van der Waals surface area contributed by atoms with Crippen LogP contribution < -0.4 is 5.32 Å². The molecule has 1 aromatic carbocycles. The molecule has 0 aliphatic carbocycles. The van der Waals surface area contributed by atoms with E-state index >= 15 is 0 Å². The SMILES string of the molecule is O=C(O)C1CS[C@H](c2cccnc2)N1.O=C(O)[C@@H]1CS[C@H](c2cccnc2)N1C(=O)OCc1ccccc1. The van der Waals surface area contributed by atoms with Gasteiger partial charge in [0.15, 0.2) is 0 Å². The third kappa shape index (κ3) is 7.03. The molecule has 10 nitrogen and oxygen atoms in total. The van der Waals surface area contributed by atoms with Crippen LogP contribution in [0, 0.1) is 0 Å². The van der Waals surface area contributed by atoms with Gasteiger partial charge in [0, 0.05) is 41.9 Å². The number of hydrogen-bond donors (Lipinski definition) is 3. The van der Waals surface area contributed by atoms with Gasteiger partial charge < -0.3 is 14.9 Å². The molecule has 4 heterocycles. The number of carbonyl (C=O) groups is 3. The zero-order valence-corrected chi connectivity index (χ0v) is 21.8. The fraction of sp³-hybridized carbons (Fsp3) is 0.269. The Morgan fingerprint density at radius 1 is 0.895 bits per heavy atom. The molecule has 2 aromatic heterocycles. The van der Waals surface area contributed by atoms with E-state index in [-0.39, 0.29) is 12.0 Å². The molecule has 1 amide bonds. The second-order valence-corrected chi connectivity index (χ2v) is 10.6. The monoisotopic (exact) mass is 554 g/mol. The van der Waals surface area contributed by atoms with E-state index in [1.54, 1.807) is 42.6 Å². The van der Waals surface area contributed by atoms with Crippen molar-refractivity contribution in [3.05, 3.63) is 96.1 Å². The van der Waals surface area contributed by atoms with Crippen LogP contribution in [0.25, 0.3) is 0 Å². The lowest BCUT2D eigenvalue weighted by atomic mass is 10.2. The van der Waals surface area contributed by atoms with Crippen LogP contribution in [0.2, 0.25) is 0 Å². The van der Waals surface area contributed by atoms with Crippen LogP contribution in [0.4, 0.5) is 4.79 Å². The lowest BCUT2D eigenvalue weighted by molar-refractivity contribution is -0.142. The molecule has 38 heavy (non-hydrogen) atoms. The van der Waals surface area contributed by atoms with Gasteiger partial charge in [0.25, 0.3) is 0 Å². The number of aliphatic carboxylic acids is 2. The first kappa shape index (κ1) is 27.4. The molecule has 2 saturated heterocycles. The number of thioether (sulfide) groups is 2. The van der Waals surface area contributed by atoms with Gasteiger partial charge >= 0.3 is 18.0 Å². The number of amides is 1. The van der Waals surface area contributed by atoms with Crippen LogP contribution in [0.5, 0.6) is 0 Å². The second kappa shape index (κ2) is 13.3. The van der Waals surface area contributed by atoms with Gasteiger partial charge in [-0.2, -0.15) is 0 Å². The van der Waals surface area contributed by atoms with Gasteiger partial charge in [-0.15, -0.1) is 23.5 Å². The Bertz CT molecular complexity index is 1220. The largest absolute Gasteiger partial charge is 0.480 e. The van der Waals surface area contributed by atoms with E-state index in [4.69, 9.17) is 9.84 Å². The highest BCUT2D eigenvalue weighted by Gasteiger charge is 2.43. The van der Waals surface area contributed by atoms with Crippen molar-refractivity contribution in [2.24, 2.45) is 0 Å². The Morgan fingerprint density at radius 2 is 1.58 bits per heavy atom. The summed E-state index contributed by atoms with van der Waals surface area (Å²) in [5.74, 6) is -0.904. The number of nitrogens with one attached hydrogen (secondary N) is 1. The van der Waals surface area contributed by atoms with E-state index in [0.29, 0.717) is 11.5 Å². The number of ether oxygens (including phenoxy) is 1. The third-order valence-corrected chi connectivity index (χ3v) is 8.33. The van der Waals surface area contributed by atoms with Crippen molar-refractivity contribution >= 4 is 41.6 Å². The summed E-state index contributed by atoms with van der Waals surface area (Å²) in [7, 11) is 0. The Hall–Kier alpha value is -3.61. The maximum atomic E-state index is 12.5. The van der Waals surface area contributed by atoms with Crippen molar-refractivity contribution < 1.29 is 29.3 Å². The van der Waals surface area contributed by atoms with Gasteiger partial charge in [-0.3, -0.25) is 25.0 Å². The number of carbonyl (C=O) groups excluding carboxylic acids is 1. The molecule has 1 unspecified atom stereocenters. The number of nitrogens with zero attached hydrogens (tertiary/aromatic N) is 3. The molecule has 12 heteroatoms. The van der Waals surface area contributed by atoms with E-state index < -0.39 is 35.5 Å². The molecule has 0 spiro atoms. The average molecular weight is 555 g/mol. The first-order valence-corrected chi connectivity index (χ1v) is 13.8. The van der Waals surface area contributed by atoms with Crippen molar-refractivity contribution in [2.75, 3.05) is 11.5 Å². The topological polar surface area (TPSA) is 142 Å². The fourth-order valence-corrected chi connectivity index (χ4v) is 6.44. The molecular weight excluding hydrogens is 528 g/mol. The third-order valence-electron chi connectivity index (χ3n) is 5.74. The summed E-state index contributed by atoms with van der Waals surface area (Å²) in [6.45, 7) is 0.104. The minimum absolute atomic E-state index is 0.0600. The summed E-state index contributed by atoms with van der Waals surface area (Å²) in [4.78, 5) is 44.0. The normalized spacial score (nSPS) is 22.3. The summed E-state index contributed by atoms with van der Waals surface area (Å²) in [5, 5.41) is 20.9. The van der Waals surface area contributed by atoms with Crippen LogP contribution in [0.1, 0.15) is 27.4 Å². The first-order chi connectivity index (χ1) is 18.4. The predicted molar refractivity (Wildman–Crippen MR) is 143 cm³/mol.